The first kappa shape index (κ1) is 16.2. The molecule has 1 unspecified atom stereocenters. The molecule has 3 N–H and O–H groups in total. The van der Waals surface area contributed by atoms with Crippen LogP contribution in [-0.4, -0.2) is 24.2 Å². The smallest absolute Gasteiger partial charge is 0.242 e. The first-order valence-electron chi connectivity index (χ1n) is 6.40. The molecule has 0 bridgehead atoms. The zero-order valence-electron chi connectivity index (χ0n) is 11.5. The summed E-state index contributed by atoms with van der Waals surface area (Å²) < 4.78 is 29.7. The molecule has 2 aromatic rings. The number of nitrogens with zero attached hydrogens (tertiary/aromatic N) is 2. The van der Waals surface area contributed by atoms with E-state index in [1.807, 2.05) is 0 Å². The number of nitrogens with two attached hydrogens (primary N) is 1. The number of hydrogen-bond donors (Lipinski definition) is 2. The predicted molar refractivity (Wildman–Crippen MR) is 84.0 cm³/mol. The molecular formula is C13H17BrN4O2S. The van der Waals surface area contributed by atoms with Crippen LogP contribution in [0.1, 0.15) is 12.5 Å². The second-order valence-corrected chi connectivity index (χ2v) is 7.26. The molecule has 0 aliphatic carbocycles. The van der Waals surface area contributed by atoms with E-state index in [1.54, 1.807) is 48.3 Å². The normalized spacial score (nSPS) is 13.3. The third-order valence-electron chi connectivity index (χ3n) is 2.90. The van der Waals surface area contributed by atoms with Crippen molar-refractivity contribution in [3.63, 3.8) is 0 Å². The van der Waals surface area contributed by atoms with E-state index >= 15 is 0 Å². The SMILES string of the molecule is CC(Cn1cccn1)NS(=O)(=O)c1cc(CN)ccc1Br. The standard InChI is InChI=1S/C13H17BrN4O2S/c1-10(9-18-6-2-5-16-18)17-21(19,20)13-7-11(8-15)3-4-12(13)14/h2-7,10,17H,8-9,15H2,1H3. The molecule has 6 nitrogen and oxygen atoms in total. The quantitative estimate of drug-likeness (QED) is 0.803. The highest BCUT2D eigenvalue weighted by molar-refractivity contribution is 9.10. The molecule has 0 aliphatic heterocycles. The van der Waals surface area contributed by atoms with Crippen LogP contribution in [0.4, 0.5) is 0 Å². The highest BCUT2D eigenvalue weighted by atomic mass is 79.9. The van der Waals surface area contributed by atoms with Gasteiger partial charge in [-0.2, -0.15) is 5.10 Å². The summed E-state index contributed by atoms with van der Waals surface area (Å²) in [6, 6.07) is 6.56. The molecule has 1 aromatic heterocycles. The minimum Gasteiger partial charge on any atom is -0.326 e. The molecule has 2 rings (SSSR count). The average Bonchev–Trinajstić information content (AvgIpc) is 2.91. The lowest BCUT2D eigenvalue weighted by atomic mass is 10.2. The molecule has 0 spiro atoms. The first-order chi connectivity index (χ1) is 9.92. The van der Waals surface area contributed by atoms with Gasteiger partial charge in [0.2, 0.25) is 10.0 Å². The molecular weight excluding hydrogens is 356 g/mol. The Kier molecular flexibility index (Phi) is 5.15. The maximum atomic E-state index is 12.4. The molecule has 0 saturated heterocycles. The van der Waals surface area contributed by atoms with Crippen molar-refractivity contribution in [2.24, 2.45) is 5.73 Å². The fourth-order valence-corrected chi connectivity index (χ4v) is 4.18. The summed E-state index contributed by atoms with van der Waals surface area (Å²) >= 11 is 3.27. The van der Waals surface area contributed by atoms with Gasteiger partial charge in [-0.25, -0.2) is 13.1 Å². The Balaban J connectivity index is 2.18. The second-order valence-electron chi connectivity index (χ2n) is 4.72. The molecule has 0 fully saturated rings. The molecule has 0 amide bonds. The average molecular weight is 373 g/mol. The van der Waals surface area contributed by atoms with Crippen LogP contribution in [0, 0.1) is 0 Å². The summed E-state index contributed by atoms with van der Waals surface area (Å²) in [6.45, 7) is 2.54. The van der Waals surface area contributed by atoms with Crippen molar-refractivity contribution in [1.82, 2.24) is 14.5 Å². The van der Waals surface area contributed by atoms with Gasteiger partial charge in [-0.3, -0.25) is 4.68 Å². The number of halogens is 1. The molecule has 8 heteroatoms. The summed E-state index contributed by atoms with van der Waals surface area (Å²) in [5, 5.41) is 4.06. The van der Waals surface area contributed by atoms with Gasteiger partial charge in [-0.1, -0.05) is 6.07 Å². The van der Waals surface area contributed by atoms with E-state index in [1.165, 1.54) is 0 Å². The van der Waals surface area contributed by atoms with Crippen molar-refractivity contribution in [3.8, 4) is 0 Å². The number of nitrogens with one attached hydrogen (secondary N) is 1. The van der Waals surface area contributed by atoms with Crippen LogP contribution in [0.25, 0.3) is 0 Å². The Labute approximate surface area is 132 Å². The third kappa shape index (κ3) is 4.13. The molecule has 1 heterocycles. The van der Waals surface area contributed by atoms with Gasteiger partial charge in [0, 0.05) is 29.5 Å². The first-order valence-corrected chi connectivity index (χ1v) is 8.68. The predicted octanol–water partition coefficient (Wildman–Crippen LogP) is 1.47. The summed E-state index contributed by atoms with van der Waals surface area (Å²) in [7, 11) is -3.62. The van der Waals surface area contributed by atoms with E-state index in [0.717, 1.165) is 5.56 Å². The van der Waals surface area contributed by atoms with Gasteiger partial charge in [-0.15, -0.1) is 0 Å². The Morgan fingerprint density at radius 2 is 2.24 bits per heavy atom. The number of sulfonamides is 1. The highest BCUT2D eigenvalue weighted by Gasteiger charge is 2.20. The Hall–Kier alpha value is -1.22. The lowest BCUT2D eigenvalue weighted by molar-refractivity contribution is 0.493. The minimum atomic E-state index is -3.62. The van der Waals surface area contributed by atoms with E-state index in [4.69, 9.17) is 5.73 Å². The van der Waals surface area contributed by atoms with Gasteiger partial charge >= 0.3 is 0 Å². The molecule has 1 atom stereocenters. The van der Waals surface area contributed by atoms with Crippen LogP contribution in [0.3, 0.4) is 0 Å². The third-order valence-corrected chi connectivity index (χ3v) is 5.48. The molecule has 114 valence electrons. The molecule has 1 aromatic carbocycles. The van der Waals surface area contributed by atoms with Crippen molar-refractivity contribution < 1.29 is 8.42 Å². The fraction of sp³-hybridized carbons (Fsp3) is 0.308. The number of rotatable bonds is 6. The topological polar surface area (TPSA) is 90.0 Å². The maximum absolute atomic E-state index is 12.4. The number of aromatic nitrogens is 2. The number of hydrogen-bond acceptors (Lipinski definition) is 4. The van der Waals surface area contributed by atoms with Gasteiger partial charge < -0.3 is 5.73 Å². The summed E-state index contributed by atoms with van der Waals surface area (Å²) in [6.07, 6.45) is 3.44. The molecule has 0 saturated carbocycles. The summed E-state index contributed by atoms with van der Waals surface area (Å²) in [4.78, 5) is 0.192. The molecule has 21 heavy (non-hydrogen) atoms. The van der Waals surface area contributed by atoms with E-state index in [0.29, 0.717) is 17.6 Å². The van der Waals surface area contributed by atoms with Crippen molar-refractivity contribution in [1.29, 1.82) is 0 Å². The Morgan fingerprint density at radius 3 is 2.86 bits per heavy atom. The van der Waals surface area contributed by atoms with Crippen LogP contribution in [0.15, 0.2) is 46.0 Å². The van der Waals surface area contributed by atoms with Gasteiger partial charge in [0.05, 0.1) is 11.4 Å². The lowest BCUT2D eigenvalue weighted by Crippen LogP contribution is -2.36. The van der Waals surface area contributed by atoms with E-state index in [2.05, 4.69) is 25.8 Å². The zero-order chi connectivity index (χ0) is 15.5. The molecule has 0 radical (unpaired) electrons. The summed E-state index contributed by atoms with van der Waals surface area (Å²) in [5.41, 5.74) is 6.32. The van der Waals surface area contributed by atoms with Gasteiger partial charge in [0.15, 0.2) is 0 Å². The summed E-state index contributed by atoms with van der Waals surface area (Å²) in [5.74, 6) is 0. The second kappa shape index (κ2) is 6.69. The van der Waals surface area contributed by atoms with Crippen molar-refractivity contribution in [2.45, 2.75) is 31.0 Å². The minimum absolute atomic E-state index is 0.192. The largest absolute Gasteiger partial charge is 0.326 e. The van der Waals surface area contributed by atoms with Crippen molar-refractivity contribution >= 4 is 26.0 Å². The van der Waals surface area contributed by atoms with Crippen molar-refractivity contribution in [3.05, 3.63) is 46.7 Å². The van der Waals surface area contributed by atoms with Crippen LogP contribution >= 0.6 is 15.9 Å². The zero-order valence-corrected chi connectivity index (χ0v) is 13.9. The van der Waals surface area contributed by atoms with Crippen LogP contribution < -0.4 is 10.5 Å². The van der Waals surface area contributed by atoms with Crippen molar-refractivity contribution in [2.75, 3.05) is 0 Å². The van der Waals surface area contributed by atoms with Gasteiger partial charge in [-0.05, 0) is 46.6 Å². The van der Waals surface area contributed by atoms with E-state index < -0.39 is 10.0 Å². The lowest BCUT2D eigenvalue weighted by Gasteiger charge is -2.15. The highest BCUT2D eigenvalue weighted by Crippen LogP contribution is 2.23. The van der Waals surface area contributed by atoms with Crippen LogP contribution in [-0.2, 0) is 23.1 Å². The Bertz CT molecular complexity index is 701. The monoisotopic (exact) mass is 372 g/mol. The van der Waals surface area contributed by atoms with Gasteiger partial charge in [0.1, 0.15) is 0 Å². The van der Waals surface area contributed by atoms with E-state index in [9.17, 15) is 8.42 Å². The number of benzene rings is 1. The Morgan fingerprint density at radius 1 is 1.48 bits per heavy atom. The van der Waals surface area contributed by atoms with Crippen LogP contribution in [0.2, 0.25) is 0 Å². The maximum Gasteiger partial charge on any atom is 0.242 e. The fourth-order valence-electron chi connectivity index (χ4n) is 1.94. The van der Waals surface area contributed by atoms with Crippen LogP contribution in [0.5, 0.6) is 0 Å². The van der Waals surface area contributed by atoms with E-state index in [-0.39, 0.29) is 10.9 Å². The van der Waals surface area contributed by atoms with Gasteiger partial charge in [0.25, 0.3) is 0 Å². The molecule has 0 aliphatic rings.